The lowest BCUT2D eigenvalue weighted by molar-refractivity contribution is 0.269. The highest BCUT2D eigenvalue weighted by Crippen LogP contribution is 2.31. The maximum atomic E-state index is 12.3. The number of hydrogen-bond donors (Lipinski definition) is 0. The highest BCUT2D eigenvalue weighted by molar-refractivity contribution is 7.90. The largest absolute Gasteiger partial charge is 0.320 e. The number of aryl methyl sites for hydroxylation is 1. The molecule has 7 nitrogen and oxygen atoms in total. The molecule has 0 radical (unpaired) electrons. The van der Waals surface area contributed by atoms with Crippen LogP contribution in [0.4, 0.5) is 0 Å². The number of hydrogen-bond acceptors (Lipinski definition) is 5. The SMILES string of the molecule is Cn1cnnc1CN1CCCN(S(=O)(=O)C2CC2)CC1. The molecule has 0 unspecified atom stereocenters. The first kappa shape index (κ1) is 14.0. The van der Waals surface area contributed by atoms with Crippen LogP contribution >= 0.6 is 0 Å². The van der Waals surface area contributed by atoms with Crippen molar-refractivity contribution >= 4 is 10.0 Å². The van der Waals surface area contributed by atoms with E-state index in [0.29, 0.717) is 13.1 Å². The van der Waals surface area contributed by atoms with E-state index in [-0.39, 0.29) is 5.25 Å². The molecule has 1 aliphatic carbocycles. The smallest absolute Gasteiger partial charge is 0.217 e. The molecule has 20 heavy (non-hydrogen) atoms. The Morgan fingerprint density at radius 2 is 2.05 bits per heavy atom. The highest BCUT2D eigenvalue weighted by Gasteiger charge is 2.40. The predicted molar refractivity (Wildman–Crippen MR) is 74.4 cm³/mol. The lowest BCUT2D eigenvalue weighted by Crippen LogP contribution is -2.37. The van der Waals surface area contributed by atoms with E-state index in [1.807, 2.05) is 11.6 Å². The van der Waals surface area contributed by atoms with Gasteiger partial charge in [0, 0.05) is 26.7 Å². The van der Waals surface area contributed by atoms with Gasteiger partial charge in [-0.05, 0) is 25.8 Å². The van der Waals surface area contributed by atoms with E-state index in [1.54, 1.807) is 10.6 Å². The fraction of sp³-hybridized carbons (Fsp3) is 0.833. The minimum absolute atomic E-state index is 0.104. The molecule has 3 rings (SSSR count). The van der Waals surface area contributed by atoms with Gasteiger partial charge in [0.15, 0.2) is 0 Å². The molecule has 1 aliphatic heterocycles. The highest BCUT2D eigenvalue weighted by atomic mass is 32.2. The summed E-state index contributed by atoms with van der Waals surface area (Å²) in [6.45, 7) is 3.64. The van der Waals surface area contributed by atoms with Crippen molar-refractivity contribution in [2.45, 2.75) is 31.1 Å². The van der Waals surface area contributed by atoms with Crippen LogP contribution in [0.1, 0.15) is 25.1 Å². The Kier molecular flexibility index (Phi) is 3.78. The standard InChI is InChI=1S/C12H21N5O2S/c1-15-10-13-14-12(15)9-16-5-2-6-17(8-7-16)20(18,19)11-3-4-11/h10-11H,2-9H2,1H3. The fourth-order valence-corrected chi connectivity index (χ4v) is 4.46. The molecule has 1 saturated carbocycles. The molecule has 8 heteroatoms. The second-order valence-electron chi connectivity index (χ2n) is 5.63. The van der Waals surface area contributed by atoms with Gasteiger partial charge in [0.25, 0.3) is 0 Å². The molecule has 1 aromatic rings. The summed E-state index contributed by atoms with van der Waals surface area (Å²) < 4.78 is 28.1. The van der Waals surface area contributed by atoms with Gasteiger partial charge in [-0.25, -0.2) is 12.7 Å². The normalized spacial score (nSPS) is 22.9. The molecule has 0 spiro atoms. The van der Waals surface area contributed by atoms with Crippen molar-refractivity contribution in [3.8, 4) is 0 Å². The quantitative estimate of drug-likeness (QED) is 0.771. The Morgan fingerprint density at radius 1 is 1.25 bits per heavy atom. The van der Waals surface area contributed by atoms with Crippen LogP contribution in [0.2, 0.25) is 0 Å². The third-order valence-electron chi connectivity index (χ3n) is 4.02. The van der Waals surface area contributed by atoms with Crippen molar-refractivity contribution in [3.05, 3.63) is 12.2 Å². The number of rotatable bonds is 4. The predicted octanol–water partition coefficient (Wildman–Crippen LogP) is -0.185. The summed E-state index contributed by atoms with van der Waals surface area (Å²) in [4.78, 5) is 2.26. The van der Waals surface area contributed by atoms with Gasteiger partial charge in [-0.3, -0.25) is 4.90 Å². The third kappa shape index (κ3) is 2.87. The van der Waals surface area contributed by atoms with Crippen LogP contribution in [0.3, 0.4) is 0 Å². The number of sulfonamides is 1. The molecule has 1 aromatic heterocycles. The Balaban J connectivity index is 1.61. The van der Waals surface area contributed by atoms with Crippen LogP contribution in [0, 0.1) is 0 Å². The van der Waals surface area contributed by atoms with Crippen molar-refractivity contribution < 1.29 is 8.42 Å². The van der Waals surface area contributed by atoms with E-state index < -0.39 is 10.0 Å². The number of aromatic nitrogens is 3. The lowest BCUT2D eigenvalue weighted by atomic mass is 10.4. The molecule has 0 amide bonds. The first-order chi connectivity index (χ1) is 9.57. The Bertz CT molecular complexity index is 566. The second-order valence-corrected chi connectivity index (χ2v) is 7.84. The van der Waals surface area contributed by atoms with Crippen LogP contribution in [0.15, 0.2) is 6.33 Å². The van der Waals surface area contributed by atoms with E-state index in [4.69, 9.17) is 0 Å². The summed E-state index contributed by atoms with van der Waals surface area (Å²) in [6.07, 6.45) is 4.24. The first-order valence-electron chi connectivity index (χ1n) is 7.11. The van der Waals surface area contributed by atoms with E-state index >= 15 is 0 Å². The van der Waals surface area contributed by atoms with Gasteiger partial charge in [-0.2, -0.15) is 0 Å². The van der Waals surface area contributed by atoms with Gasteiger partial charge < -0.3 is 4.57 Å². The van der Waals surface area contributed by atoms with Crippen molar-refractivity contribution in [3.63, 3.8) is 0 Å². The minimum Gasteiger partial charge on any atom is -0.320 e. The second kappa shape index (κ2) is 5.42. The van der Waals surface area contributed by atoms with Gasteiger partial charge >= 0.3 is 0 Å². The van der Waals surface area contributed by atoms with Crippen LogP contribution in [-0.2, 0) is 23.6 Å². The average molecular weight is 299 g/mol. The molecular formula is C12H21N5O2S. The van der Waals surface area contributed by atoms with E-state index in [1.165, 1.54) is 0 Å². The van der Waals surface area contributed by atoms with E-state index in [2.05, 4.69) is 15.1 Å². The first-order valence-corrected chi connectivity index (χ1v) is 8.62. The van der Waals surface area contributed by atoms with E-state index in [0.717, 1.165) is 44.7 Å². The van der Waals surface area contributed by atoms with Gasteiger partial charge in [0.1, 0.15) is 12.2 Å². The molecule has 1 saturated heterocycles. The van der Waals surface area contributed by atoms with Crippen LogP contribution in [0.5, 0.6) is 0 Å². The van der Waals surface area contributed by atoms with Gasteiger partial charge in [0.05, 0.1) is 11.8 Å². The monoisotopic (exact) mass is 299 g/mol. The van der Waals surface area contributed by atoms with Crippen molar-refractivity contribution in [1.82, 2.24) is 24.0 Å². The zero-order valence-electron chi connectivity index (χ0n) is 11.8. The molecule has 0 aromatic carbocycles. The lowest BCUT2D eigenvalue weighted by Gasteiger charge is -2.21. The summed E-state index contributed by atoms with van der Waals surface area (Å²) in [5, 5.41) is 7.86. The maximum Gasteiger partial charge on any atom is 0.217 e. The summed E-state index contributed by atoms with van der Waals surface area (Å²) in [6, 6.07) is 0. The van der Waals surface area contributed by atoms with Crippen LogP contribution in [0.25, 0.3) is 0 Å². The van der Waals surface area contributed by atoms with Gasteiger partial charge in [0.2, 0.25) is 10.0 Å². The molecule has 0 N–H and O–H groups in total. The van der Waals surface area contributed by atoms with Gasteiger partial charge in [-0.1, -0.05) is 0 Å². The van der Waals surface area contributed by atoms with Crippen molar-refractivity contribution in [2.24, 2.45) is 7.05 Å². The summed E-state index contributed by atoms with van der Waals surface area (Å²) >= 11 is 0. The summed E-state index contributed by atoms with van der Waals surface area (Å²) in [5.41, 5.74) is 0. The Hall–Kier alpha value is -0.990. The molecule has 2 fully saturated rings. The maximum absolute atomic E-state index is 12.3. The zero-order valence-corrected chi connectivity index (χ0v) is 12.6. The van der Waals surface area contributed by atoms with Crippen LogP contribution in [-0.4, -0.2) is 63.8 Å². The molecule has 0 atom stereocenters. The minimum atomic E-state index is -3.03. The Labute approximate surface area is 119 Å². The summed E-state index contributed by atoms with van der Waals surface area (Å²) in [5.74, 6) is 0.920. The zero-order chi connectivity index (χ0) is 14.2. The third-order valence-corrected chi connectivity index (χ3v) is 6.42. The topological polar surface area (TPSA) is 71.3 Å². The summed E-state index contributed by atoms with van der Waals surface area (Å²) in [7, 11) is -1.10. The Morgan fingerprint density at radius 3 is 2.70 bits per heavy atom. The average Bonchev–Trinajstić information content (AvgIpc) is 3.21. The molecular weight excluding hydrogens is 278 g/mol. The van der Waals surface area contributed by atoms with E-state index in [9.17, 15) is 8.42 Å². The fourth-order valence-electron chi connectivity index (χ4n) is 2.59. The van der Waals surface area contributed by atoms with Crippen molar-refractivity contribution in [1.29, 1.82) is 0 Å². The molecule has 112 valence electrons. The molecule has 2 heterocycles. The van der Waals surface area contributed by atoms with Gasteiger partial charge in [-0.15, -0.1) is 10.2 Å². The van der Waals surface area contributed by atoms with Crippen LogP contribution < -0.4 is 0 Å². The molecule has 2 aliphatic rings. The van der Waals surface area contributed by atoms with Crippen molar-refractivity contribution in [2.75, 3.05) is 26.2 Å². The molecule has 0 bridgehead atoms. The number of nitrogens with zero attached hydrogens (tertiary/aromatic N) is 5.